The standard InChI is InChI=1S/C6H10O.C2H6O3P/c1-4-6(7)5(2)3;1-4-6(3)5-2/h2,4H2,1,3H3;1-2H3/q;+1. The highest BCUT2D eigenvalue weighted by molar-refractivity contribution is 7.33. The third-order valence-electron chi connectivity index (χ3n) is 1.10. The quantitative estimate of drug-likeness (QED) is 0.525. The van der Waals surface area contributed by atoms with Crippen molar-refractivity contribution in [2.75, 3.05) is 14.2 Å². The van der Waals surface area contributed by atoms with Crippen LogP contribution in [0.4, 0.5) is 0 Å². The van der Waals surface area contributed by atoms with E-state index in [1.807, 2.05) is 6.92 Å². The zero-order chi connectivity index (χ0) is 10.9. The van der Waals surface area contributed by atoms with Crippen LogP contribution in [0.2, 0.25) is 0 Å². The molecule has 0 aromatic carbocycles. The molecule has 0 aromatic heterocycles. The Morgan fingerprint density at radius 1 is 1.38 bits per heavy atom. The summed E-state index contributed by atoms with van der Waals surface area (Å²) >= 11 is 0. The second-order valence-electron chi connectivity index (χ2n) is 2.15. The normalized spacial score (nSPS) is 8.31. The fourth-order valence-corrected chi connectivity index (χ4v) is 0.525. The zero-order valence-electron chi connectivity index (χ0n) is 8.49. The lowest BCUT2D eigenvalue weighted by Crippen LogP contribution is -1.93. The van der Waals surface area contributed by atoms with Crippen molar-refractivity contribution in [2.24, 2.45) is 0 Å². The summed E-state index contributed by atoms with van der Waals surface area (Å²) in [6.07, 6.45) is 0.579. The van der Waals surface area contributed by atoms with Crippen LogP contribution in [-0.4, -0.2) is 20.0 Å². The molecule has 0 heterocycles. The molecule has 0 spiro atoms. The summed E-state index contributed by atoms with van der Waals surface area (Å²) in [5.41, 5.74) is 0.655. The first kappa shape index (κ1) is 14.9. The Morgan fingerprint density at radius 2 is 1.77 bits per heavy atom. The minimum absolute atomic E-state index is 0.153. The predicted octanol–water partition coefficient (Wildman–Crippen LogP) is 2.48. The number of hydrogen-bond acceptors (Lipinski definition) is 4. The average Bonchev–Trinajstić information content (AvgIpc) is 2.16. The molecular weight excluding hydrogens is 191 g/mol. The van der Waals surface area contributed by atoms with Crippen LogP contribution in [-0.2, 0) is 18.4 Å². The maximum Gasteiger partial charge on any atom is 0.696 e. The van der Waals surface area contributed by atoms with E-state index < -0.39 is 8.25 Å². The molecule has 0 unspecified atom stereocenters. The van der Waals surface area contributed by atoms with Crippen LogP contribution in [0.25, 0.3) is 0 Å². The van der Waals surface area contributed by atoms with E-state index in [-0.39, 0.29) is 5.78 Å². The van der Waals surface area contributed by atoms with Gasteiger partial charge < -0.3 is 0 Å². The van der Waals surface area contributed by atoms with Crippen molar-refractivity contribution < 1.29 is 18.4 Å². The van der Waals surface area contributed by atoms with Gasteiger partial charge in [0.25, 0.3) is 0 Å². The molecule has 0 atom stereocenters. The first-order chi connectivity index (χ1) is 5.99. The number of allylic oxidation sites excluding steroid dienone is 1. The van der Waals surface area contributed by atoms with E-state index >= 15 is 0 Å². The largest absolute Gasteiger partial charge is 0.696 e. The van der Waals surface area contributed by atoms with Crippen LogP contribution in [0.3, 0.4) is 0 Å². The van der Waals surface area contributed by atoms with E-state index in [1.54, 1.807) is 6.92 Å². The molecule has 0 aliphatic rings. The highest BCUT2D eigenvalue weighted by Gasteiger charge is 2.10. The second kappa shape index (κ2) is 9.52. The van der Waals surface area contributed by atoms with Crippen molar-refractivity contribution in [3.8, 4) is 0 Å². The maximum atomic E-state index is 10.4. The Kier molecular flexibility index (Phi) is 10.9. The van der Waals surface area contributed by atoms with Crippen molar-refractivity contribution in [3.63, 3.8) is 0 Å². The van der Waals surface area contributed by atoms with Gasteiger partial charge in [-0.25, -0.2) is 0 Å². The lowest BCUT2D eigenvalue weighted by molar-refractivity contribution is -0.115. The Hall–Kier alpha value is -0.570. The van der Waals surface area contributed by atoms with Gasteiger partial charge in [0.2, 0.25) is 0 Å². The minimum Gasteiger partial charge on any atom is -0.295 e. The van der Waals surface area contributed by atoms with Crippen molar-refractivity contribution in [3.05, 3.63) is 12.2 Å². The van der Waals surface area contributed by atoms with Crippen LogP contribution in [0, 0.1) is 0 Å². The molecule has 0 saturated heterocycles. The fourth-order valence-electron chi connectivity index (χ4n) is 0.376. The Bertz CT molecular complexity index is 183. The van der Waals surface area contributed by atoms with Gasteiger partial charge in [0.1, 0.15) is 0 Å². The molecular formula is C8H16O4P+. The number of carbonyl (C=O) groups is 1. The van der Waals surface area contributed by atoms with Gasteiger partial charge in [0, 0.05) is 11.0 Å². The third kappa shape index (κ3) is 11.4. The molecule has 0 N–H and O–H groups in total. The summed E-state index contributed by atoms with van der Waals surface area (Å²) in [5, 5.41) is 0. The maximum absolute atomic E-state index is 10.4. The summed E-state index contributed by atoms with van der Waals surface area (Å²) in [6.45, 7) is 7.03. The third-order valence-corrected chi connectivity index (χ3v) is 1.69. The summed E-state index contributed by atoms with van der Waals surface area (Å²) in [6, 6.07) is 0. The molecule has 5 heteroatoms. The van der Waals surface area contributed by atoms with Crippen LogP contribution < -0.4 is 0 Å². The molecule has 0 amide bonds. The zero-order valence-corrected chi connectivity index (χ0v) is 9.39. The number of ketones is 1. The Balaban J connectivity index is 0. The van der Waals surface area contributed by atoms with E-state index in [2.05, 4.69) is 15.6 Å². The number of rotatable bonds is 4. The smallest absolute Gasteiger partial charge is 0.295 e. The van der Waals surface area contributed by atoms with Gasteiger partial charge >= 0.3 is 8.25 Å². The highest BCUT2D eigenvalue weighted by atomic mass is 31.1. The van der Waals surface area contributed by atoms with Gasteiger partial charge in [0.15, 0.2) is 5.78 Å². The van der Waals surface area contributed by atoms with Gasteiger partial charge in [0.05, 0.1) is 14.2 Å². The lowest BCUT2D eigenvalue weighted by atomic mass is 10.2. The van der Waals surface area contributed by atoms with Crippen LogP contribution in [0.1, 0.15) is 20.3 Å². The van der Waals surface area contributed by atoms with Crippen LogP contribution in [0.5, 0.6) is 0 Å². The number of hydrogen-bond donors (Lipinski definition) is 0. The molecule has 0 bridgehead atoms. The van der Waals surface area contributed by atoms with Crippen molar-refractivity contribution in [1.29, 1.82) is 0 Å². The lowest BCUT2D eigenvalue weighted by Gasteiger charge is -1.87. The van der Waals surface area contributed by atoms with E-state index in [0.717, 1.165) is 0 Å². The average molecular weight is 207 g/mol. The van der Waals surface area contributed by atoms with Crippen molar-refractivity contribution in [2.45, 2.75) is 20.3 Å². The van der Waals surface area contributed by atoms with Gasteiger partial charge in [-0.1, -0.05) is 13.5 Å². The topological polar surface area (TPSA) is 52.6 Å². The summed E-state index contributed by atoms with van der Waals surface area (Å²) in [5.74, 6) is 0.153. The molecule has 0 rings (SSSR count). The molecule has 4 nitrogen and oxygen atoms in total. The summed E-state index contributed by atoms with van der Waals surface area (Å²) < 4.78 is 18.3. The Labute approximate surface area is 79.9 Å². The molecule has 0 aliphatic carbocycles. The molecule has 0 aromatic rings. The van der Waals surface area contributed by atoms with Crippen LogP contribution in [0.15, 0.2) is 12.2 Å². The SMILES string of the molecule is C=C(C)C(=O)CC.CO[P+](=O)OC. The van der Waals surface area contributed by atoms with E-state index in [1.165, 1.54) is 14.2 Å². The molecule has 13 heavy (non-hydrogen) atoms. The van der Waals surface area contributed by atoms with E-state index in [0.29, 0.717) is 12.0 Å². The van der Waals surface area contributed by atoms with Gasteiger partial charge in [-0.2, -0.15) is 0 Å². The predicted molar refractivity (Wildman–Crippen MR) is 51.7 cm³/mol. The Morgan fingerprint density at radius 3 is 1.77 bits per heavy atom. The monoisotopic (exact) mass is 207 g/mol. The fraction of sp³-hybridized carbons (Fsp3) is 0.625. The number of carbonyl (C=O) groups excluding carboxylic acids is 1. The highest BCUT2D eigenvalue weighted by Crippen LogP contribution is 2.18. The molecule has 0 fully saturated rings. The van der Waals surface area contributed by atoms with E-state index in [4.69, 9.17) is 0 Å². The molecule has 0 aliphatic heterocycles. The summed E-state index contributed by atoms with van der Waals surface area (Å²) in [7, 11) is 0.817. The van der Waals surface area contributed by atoms with Gasteiger partial charge in [-0.15, -0.1) is 9.05 Å². The minimum atomic E-state index is -1.83. The summed E-state index contributed by atoms with van der Waals surface area (Å²) in [4.78, 5) is 10.4. The molecule has 0 radical (unpaired) electrons. The molecule has 76 valence electrons. The van der Waals surface area contributed by atoms with Crippen molar-refractivity contribution >= 4 is 14.0 Å². The van der Waals surface area contributed by atoms with Crippen LogP contribution >= 0.6 is 8.25 Å². The first-order valence-electron chi connectivity index (χ1n) is 3.73. The number of Topliss-reactive ketones (excluding diaryl/α,β-unsaturated/α-hetero) is 1. The van der Waals surface area contributed by atoms with Gasteiger partial charge in [-0.05, 0) is 12.5 Å². The van der Waals surface area contributed by atoms with E-state index in [9.17, 15) is 9.36 Å². The van der Waals surface area contributed by atoms with Gasteiger partial charge in [-0.3, -0.25) is 4.79 Å². The first-order valence-corrected chi connectivity index (χ1v) is 4.83. The molecule has 0 saturated carbocycles. The second-order valence-corrected chi connectivity index (χ2v) is 3.32. The van der Waals surface area contributed by atoms with Crippen molar-refractivity contribution in [1.82, 2.24) is 0 Å².